The molecule has 0 aliphatic rings. The number of aromatic nitrogens is 2. The van der Waals surface area contributed by atoms with Gasteiger partial charge in [-0.3, -0.25) is 0 Å². The van der Waals surface area contributed by atoms with Crippen molar-refractivity contribution in [3.8, 4) is 0 Å². The molecule has 0 radical (unpaired) electrons. The second-order valence-electron chi connectivity index (χ2n) is 8.52. The van der Waals surface area contributed by atoms with Crippen molar-refractivity contribution in [3.63, 3.8) is 0 Å². The molecule has 158 valence electrons. The molecule has 4 nitrogen and oxygen atoms in total. The zero-order valence-electron chi connectivity index (χ0n) is 18.8. The first-order chi connectivity index (χ1) is 15.4. The number of nitrogens with one attached hydrogen (secondary N) is 2. The minimum absolute atomic E-state index is 0.839. The van der Waals surface area contributed by atoms with Crippen molar-refractivity contribution in [1.82, 2.24) is 9.97 Å². The predicted octanol–water partition coefficient (Wildman–Crippen LogP) is 7.50. The van der Waals surface area contributed by atoms with Gasteiger partial charge >= 0.3 is 0 Å². The van der Waals surface area contributed by atoms with E-state index in [1.54, 1.807) is 0 Å². The summed E-state index contributed by atoms with van der Waals surface area (Å²) < 4.78 is 0. The molecule has 0 aliphatic carbocycles. The predicted molar refractivity (Wildman–Crippen MR) is 135 cm³/mol. The van der Waals surface area contributed by atoms with E-state index in [0.29, 0.717) is 0 Å². The summed E-state index contributed by atoms with van der Waals surface area (Å²) in [5.41, 5.74) is 8.85. The van der Waals surface area contributed by atoms with Crippen LogP contribution in [-0.4, -0.2) is 9.97 Å². The molecule has 4 heteroatoms. The van der Waals surface area contributed by atoms with Gasteiger partial charge in [0, 0.05) is 22.1 Å². The van der Waals surface area contributed by atoms with Gasteiger partial charge in [0.05, 0.1) is 11.0 Å². The minimum atomic E-state index is 0.839. The molecule has 2 N–H and O–H groups in total. The van der Waals surface area contributed by atoms with Crippen molar-refractivity contribution in [2.24, 2.45) is 0 Å². The van der Waals surface area contributed by atoms with Crippen LogP contribution in [0, 0.1) is 27.7 Å². The van der Waals surface area contributed by atoms with Gasteiger partial charge in [0.25, 0.3) is 0 Å². The molecule has 0 atom stereocenters. The van der Waals surface area contributed by atoms with Gasteiger partial charge in [-0.1, -0.05) is 29.3 Å². The summed E-state index contributed by atoms with van der Waals surface area (Å²) in [7, 11) is 0. The van der Waals surface area contributed by atoms with E-state index in [-0.39, 0.29) is 0 Å². The van der Waals surface area contributed by atoms with Crippen molar-refractivity contribution >= 4 is 44.8 Å². The molecule has 0 unspecified atom stereocenters. The Labute approximate surface area is 188 Å². The van der Waals surface area contributed by atoms with Crippen LogP contribution in [0.5, 0.6) is 0 Å². The average molecular weight is 419 g/mol. The molecular weight excluding hydrogens is 392 g/mol. The molecule has 2 heterocycles. The highest BCUT2D eigenvalue weighted by Crippen LogP contribution is 2.27. The molecule has 0 aliphatic heterocycles. The average Bonchev–Trinajstić information content (AvgIpc) is 2.75. The van der Waals surface area contributed by atoms with Crippen LogP contribution in [-0.2, 0) is 0 Å². The van der Waals surface area contributed by atoms with Gasteiger partial charge in [-0.25, -0.2) is 9.97 Å². The van der Waals surface area contributed by atoms with Crippen LogP contribution in [0.25, 0.3) is 21.8 Å². The first-order valence-corrected chi connectivity index (χ1v) is 10.8. The maximum Gasteiger partial charge on any atom is 0.131 e. The summed E-state index contributed by atoms with van der Waals surface area (Å²) in [5.74, 6) is 1.68. The van der Waals surface area contributed by atoms with Crippen LogP contribution in [0.15, 0.2) is 72.8 Å². The van der Waals surface area contributed by atoms with E-state index in [9.17, 15) is 0 Å². The zero-order chi connectivity index (χ0) is 22.2. The fraction of sp³-hybridized carbons (Fsp3) is 0.143. The summed E-state index contributed by atoms with van der Waals surface area (Å²) in [5, 5.41) is 9.29. The van der Waals surface area contributed by atoms with E-state index in [4.69, 9.17) is 9.97 Å². The largest absolute Gasteiger partial charge is 0.340 e. The highest BCUT2D eigenvalue weighted by molar-refractivity contribution is 5.86. The van der Waals surface area contributed by atoms with Crippen LogP contribution in [0.4, 0.5) is 23.0 Å². The standard InChI is InChI=1S/C28H26N4/c1-17-8-10-25-23(12-17)19(3)14-27(31-25)29-21-6-5-7-22(16-21)30-28-15-20(4)24-13-18(2)9-11-26(24)32-28/h5-16H,1-4H3,(H,29,31)(H,30,32). The van der Waals surface area contributed by atoms with Crippen LogP contribution >= 0.6 is 0 Å². The molecule has 0 spiro atoms. The molecular formula is C28H26N4. The van der Waals surface area contributed by atoms with E-state index >= 15 is 0 Å². The third-order valence-electron chi connectivity index (χ3n) is 5.75. The lowest BCUT2D eigenvalue weighted by molar-refractivity contribution is 1.32. The molecule has 0 saturated carbocycles. The number of rotatable bonds is 4. The highest BCUT2D eigenvalue weighted by atomic mass is 15.0. The Kier molecular flexibility index (Phi) is 4.98. The lowest BCUT2D eigenvalue weighted by Crippen LogP contribution is -1.98. The second kappa shape index (κ2) is 7.97. The Balaban J connectivity index is 1.42. The van der Waals surface area contributed by atoms with E-state index in [2.05, 4.69) is 92.9 Å². The number of hydrogen-bond acceptors (Lipinski definition) is 4. The molecule has 0 bridgehead atoms. The van der Waals surface area contributed by atoms with Crippen molar-refractivity contribution in [2.45, 2.75) is 27.7 Å². The van der Waals surface area contributed by atoms with Crippen molar-refractivity contribution in [2.75, 3.05) is 10.6 Å². The zero-order valence-corrected chi connectivity index (χ0v) is 18.8. The Hall–Kier alpha value is -3.92. The van der Waals surface area contributed by atoms with Gasteiger partial charge in [-0.2, -0.15) is 0 Å². The Morgan fingerprint density at radius 1 is 0.531 bits per heavy atom. The maximum atomic E-state index is 4.80. The topological polar surface area (TPSA) is 49.8 Å². The van der Waals surface area contributed by atoms with Crippen LogP contribution < -0.4 is 10.6 Å². The number of nitrogens with zero attached hydrogens (tertiary/aromatic N) is 2. The van der Waals surface area contributed by atoms with Crippen LogP contribution in [0.3, 0.4) is 0 Å². The van der Waals surface area contributed by atoms with Gasteiger partial charge in [0.1, 0.15) is 11.6 Å². The summed E-state index contributed by atoms with van der Waals surface area (Å²) in [6.07, 6.45) is 0. The summed E-state index contributed by atoms with van der Waals surface area (Å²) in [6.45, 7) is 8.47. The molecule has 0 amide bonds. The molecule has 2 aromatic heterocycles. The summed E-state index contributed by atoms with van der Waals surface area (Å²) in [6, 6.07) is 25.1. The van der Waals surface area contributed by atoms with Crippen molar-refractivity contribution < 1.29 is 0 Å². The second-order valence-corrected chi connectivity index (χ2v) is 8.52. The van der Waals surface area contributed by atoms with Gasteiger partial charge in [0.15, 0.2) is 0 Å². The quantitative estimate of drug-likeness (QED) is 0.317. The third-order valence-corrected chi connectivity index (χ3v) is 5.75. The maximum absolute atomic E-state index is 4.80. The molecule has 0 fully saturated rings. The molecule has 0 saturated heterocycles. The van der Waals surface area contributed by atoms with Gasteiger partial charge < -0.3 is 10.6 Å². The molecule has 32 heavy (non-hydrogen) atoms. The van der Waals surface area contributed by atoms with Gasteiger partial charge in [0.2, 0.25) is 0 Å². The number of aryl methyl sites for hydroxylation is 4. The van der Waals surface area contributed by atoms with Crippen molar-refractivity contribution in [3.05, 3.63) is 95.1 Å². The number of benzene rings is 3. The number of hydrogen-bond donors (Lipinski definition) is 2. The van der Waals surface area contributed by atoms with Crippen LogP contribution in [0.2, 0.25) is 0 Å². The Morgan fingerprint density at radius 2 is 1.00 bits per heavy atom. The normalized spacial score (nSPS) is 11.1. The molecule has 5 rings (SSSR count). The van der Waals surface area contributed by atoms with E-state index in [0.717, 1.165) is 34.0 Å². The third kappa shape index (κ3) is 4.00. The summed E-state index contributed by atoms with van der Waals surface area (Å²) >= 11 is 0. The van der Waals surface area contributed by atoms with Crippen molar-refractivity contribution in [1.29, 1.82) is 0 Å². The fourth-order valence-electron chi connectivity index (χ4n) is 4.11. The number of fused-ring (bicyclic) bond motifs is 2. The van der Waals surface area contributed by atoms with E-state index in [1.807, 2.05) is 18.2 Å². The smallest absolute Gasteiger partial charge is 0.131 e. The minimum Gasteiger partial charge on any atom is -0.340 e. The molecule has 3 aromatic carbocycles. The van der Waals surface area contributed by atoms with Gasteiger partial charge in [-0.15, -0.1) is 0 Å². The SMILES string of the molecule is Cc1ccc2nc(Nc3cccc(Nc4cc(C)c5cc(C)ccc5n4)c3)cc(C)c2c1. The monoisotopic (exact) mass is 418 g/mol. The lowest BCUT2D eigenvalue weighted by Gasteiger charge is -2.12. The molecule has 5 aromatic rings. The van der Waals surface area contributed by atoms with Crippen LogP contribution in [0.1, 0.15) is 22.3 Å². The Bertz CT molecular complexity index is 1360. The summed E-state index contributed by atoms with van der Waals surface area (Å²) in [4.78, 5) is 9.59. The lowest BCUT2D eigenvalue weighted by atomic mass is 10.1. The first-order valence-electron chi connectivity index (χ1n) is 10.8. The number of pyridine rings is 2. The highest BCUT2D eigenvalue weighted by Gasteiger charge is 2.06. The first kappa shape index (κ1) is 20.0. The number of anilines is 4. The van der Waals surface area contributed by atoms with E-state index < -0.39 is 0 Å². The van der Waals surface area contributed by atoms with Gasteiger partial charge in [-0.05, 0) is 93.4 Å². The Morgan fingerprint density at radius 3 is 1.47 bits per heavy atom. The fourth-order valence-corrected chi connectivity index (χ4v) is 4.11. The van der Waals surface area contributed by atoms with E-state index in [1.165, 1.54) is 33.0 Å².